The van der Waals surface area contributed by atoms with E-state index in [1.54, 1.807) is 0 Å². The Morgan fingerprint density at radius 1 is 1.09 bits per heavy atom. The molecule has 184 valence electrons. The first kappa shape index (κ1) is 25.2. The Morgan fingerprint density at radius 3 is 2.35 bits per heavy atom. The summed E-state index contributed by atoms with van der Waals surface area (Å²) in [5.74, 6) is -0.600. The zero-order chi connectivity index (χ0) is 24.9. The topological polar surface area (TPSA) is 97.6 Å². The molecular weight excluding hydrogens is 457 g/mol. The van der Waals surface area contributed by atoms with Crippen LogP contribution in [0.4, 0.5) is 13.2 Å². The number of hydrogen-bond acceptors (Lipinski definition) is 8. The van der Waals surface area contributed by atoms with E-state index in [1.807, 2.05) is 6.92 Å². The van der Waals surface area contributed by atoms with E-state index in [1.165, 1.54) is 38.1 Å². The van der Waals surface area contributed by atoms with Gasteiger partial charge in [-0.15, -0.1) is 0 Å². The molecule has 0 aliphatic rings. The number of esters is 1. The molecule has 0 saturated carbocycles. The molecule has 3 aromatic rings. The van der Waals surface area contributed by atoms with E-state index in [0.717, 1.165) is 25.0 Å². The Labute approximate surface area is 193 Å². The lowest BCUT2D eigenvalue weighted by molar-refractivity contribution is -0.143. The SMILES string of the molecule is CCCCOCc1nn(C(C(=O)OC)c2ccc(C(F)(F)F)cc2)c2nc(OC)nc(OC)c12. The van der Waals surface area contributed by atoms with Gasteiger partial charge in [0, 0.05) is 6.61 Å². The summed E-state index contributed by atoms with van der Waals surface area (Å²) in [5, 5.41) is 4.91. The van der Waals surface area contributed by atoms with Crippen molar-refractivity contribution in [2.24, 2.45) is 0 Å². The quantitative estimate of drug-likeness (QED) is 0.317. The van der Waals surface area contributed by atoms with Gasteiger partial charge in [0.2, 0.25) is 5.88 Å². The van der Waals surface area contributed by atoms with Gasteiger partial charge in [0.15, 0.2) is 11.7 Å². The Balaban J connectivity index is 2.19. The van der Waals surface area contributed by atoms with Crippen LogP contribution in [-0.4, -0.2) is 53.7 Å². The van der Waals surface area contributed by atoms with Crippen molar-refractivity contribution in [1.82, 2.24) is 19.7 Å². The highest BCUT2D eigenvalue weighted by Gasteiger charge is 2.33. The van der Waals surface area contributed by atoms with Crippen LogP contribution in [-0.2, 0) is 27.1 Å². The number of ether oxygens (including phenoxy) is 4. The van der Waals surface area contributed by atoms with E-state index in [2.05, 4.69) is 15.1 Å². The second kappa shape index (κ2) is 10.7. The second-order valence-corrected chi connectivity index (χ2v) is 7.26. The number of halogens is 3. The maximum Gasteiger partial charge on any atom is 0.416 e. The highest BCUT2D eigenvalue weighted by molar-refractivity contribution is 5.87. The Bertz CT molecular complexity index is 1130. The van der Waals surface area contributed by atoms with Gasteiger partial charge in [-0.1, -0.05) is 25.5 Å². The maximum atomic E-state index is 13.1. The van der Waals surface area contributed by atoms with Crippen molar-refractivity contribution in [1.29, 1.82) is 0 Å². The number of methoxy groups -OCH3 is 3. The van der Waals surface area contributed by atoms with Crippen molar-refractivity contribution < 1.29 is 36.9 Å². The van der Waals surface area contributed by atoms with Gasteiger partial charge < -0.3 is 18.9 Å². The summed E-state index contributed by atoms with van der Waals surface area (Å²) in [6, 6.07) is 2.91. The second-order valence-electron chi connectivity index (χ2n) is 7.26. The summed E-state index contributed by atoms with van der Waals surface area (Å²) in [6.45, 7) is 2.60. The van der Waals surface area contributed by atoms with Crippen LogP contribution in [0.3, 0.4) is 0 Å². The molecule has 0 spiro atoms. The third-order valence-electron chi connectivity index (χ3n) is 5.05. The lowest BCUT2D eigenvalue weighted by Gasteiger charge is -2.17. The first-order valence-electron chi connectivity index (χ1n) is 10.4. The van der Waals surface area contributed by atoms with E-state index >= 15 is 0 Å². The van der Waals surface area contributed by atoms with Gasteiger partial charge >= 0.3 is 18.2 Å². The van der Waals surface area contributed by atoms with Gasteiger partial charge in [0.1, 0.15) is 11.1 Å². The molecule has 0 aliphatic carbocycles. The molecule has 34 heavy (non-hydrogen) atoms. The first-order chi connectivity index (χ1) is 16.2. The van der Waals surface area contributed by atoms with Gasteiger partial charge in [-0.25, -0.2) is 9.48 Å². The molecule has 0 amide bonds. The van der Waals surface area contributed by atoms with Gasteiger partial charge in [0.05, 0.1) is 33.5 Å². The summed E-state index contributed by atoms with van der Waals surface area (Å²) < 4.78 is 61.6. The van der Waals surface area contributed by atoms with E-state index in [4.69, 9.17) is 18.9 Å². The van der Waals surface area contributed by atoms with Crippen LogP contribution >= 0.6 is 0 Å². The average Bonchev–Trinajstić information content (AvgIpc) is 3.19. The summed E-state index contributed by atoms with van der Waals surface area (Å²) in [4.78, 5) is 21.3. The average molecular weight is 482 g/mol. The molecule has 0 aliphatic heterocycles. The Hall–Kier alpha value is -3.41. The van der Waals surface area contributed by atoms with Crippen molar-refractivity contribution in [3.8, 4) is 11.9 Å². The molecule has 3 rings (SSSR count). The predicted molar refractivity (Wildman–Crippen MR) is 115 cm³/mol. The zero-order valence-corrected chi connectivity index (χ0v) is 19.2. The smallest absolute Gasteiger partial charge is 0.416 e. The van der Waals surface area contributed by atoms with Crippen LogP contribution in [0.25, 0.3) is 11.0 Å². The number of aromatic nitrogens is 4. The zero-order valence-electron chi connectivity index (χ0n) is 19.2. The lowest BCUT2D eigenvalue weighted by atomic mass is 10.0. The van der Waals surface area contributed by atoms with E-state index in [9.17, 15) is 18.0 Å². The number of fused-ring (bicyclic) bond motifs is 1. The molecule has 12 heteroatoms. The van der Waals surface area contributed by atoms with Crippen molar-refractivity contribution in [3.63, 3.8) is 0 Å². The predicted octanol–water partition coefficient (Wildman–Crippen LogP) is 3.94. The molecule has 1 atom stereocenters. The van der Waals surface area contributed by atoms with Crippen LogP contribution < -0.4 is 9.47 Å². The minimum atomic E-state index is -4.52. The van der Waals surface area contributed by atoms with Gasteiger partial charge in [0.25, 0.3) is 0 Å². The Morgan fingerprint density at radius 2 is 1.79 bits per heavy atom. The number of rotatable bonds is 10. The largest absolute Gasteiger partial charge is 0.480 e. The number of unbranched alkanes of at least 4 members (excludes halogenated alkanes) is 1. The van der Waals surface area contributed by atoms with Crippen LogP contribution in [0.1, 0.15) is 42.6 Å². The molecule has 0 bridgehead atoms. The number of alkyl halides is 3. The molecule has 0 fully saturated rings. The molecule has 0 saturated heterocycles. The van der Waals surface area contributed by atoms with Crippen molar-refractivity contribution in [2.75, 3.05) is 27.9 Å². The van der Waals surface area contributed by atoms with Crippen molar-refractivity contribution >= 4 is 17.0 Å². The number of benzene rings is 1. The molecule has 1 aromatic carbocycles. The first-order valence-corrected chi connectivity index (χ1v) is 10.4. The summed E-state index contributed by atoms with van der Waals surface area (Å²) in [7, 11) is 3.95. The summed E-state index contributed by atoms with van der Waals surface area (Å²) in [5.41, 5.74) is -0.0559. The molecule has 0 N–H and O–H groups in total. The summed E-state index contributed by atoms with van der Waals surface area (Å²) >= 11 is 0. The van der Waals surface area contributed by atoms with E-state index in [0.29, 0.717) is 17.7 Å². The number of carbonyl (C=O) groups is 1. The normalized spacial score (nSPS) is 12.6. The molecule has 9 nitrogen and oxygen atoms in total. The van der Waals surface area contributed by atoms with Crippen LogP contribution in [0.5, 0.6) is 11.9 Å². The fraction of sp³-hybridized carbons (Fsp3) is 0.455. The standard InChI is InChI=1S/C22H25F3N4O5/c1-5-6-11-34-12-15-16-18(26-21(33-4)27-19(16)31-2)29(28-15)17(20(30)32-3)13-7-9-14(10-8-13)22(23,24)25/h7-10,17H,5-6,11-12H2,1-4H3. The Kier molecular flexibility index (Phi) is 7.92. The molecule has 0 radical (unpaired) electrons. The highest BCUT2D eigenvalue weighted by Crippen LogP contribution is 2.34. The van der Waals surface area contributed by atoms with Gasteiger partial charge in [-0.05, 0) is 24.1 Å². The van der Waals surface area contributed by atoms with Gasteiger partial charge in [-0.3, -0.25) is 0 Å². The van der Waals surface area contributed by atoms with Crippen molar-refractivity contribution in [2.45, 2.75) is 38.6 Å². The molecule has 2 aromatic heterocycles. The molecule has 2 heterocycles. The fourth-order valence-corrected chi connectivity index (χ4v) is 3.33. The van der Waals surface area contributed by atoms with Crippen LogP contribution in [0, 0.1) is 0 Å². The van der Waals surface area contributed by atoms with Crippen LogP contribution in [0.2, 0.25) is 0 Å². The molecular formula is C22H25F3N4O5. The number of nitrogens with zero attached hydrogens (tertiary/aromatic N) is 4. The summed E-state index contributed by atoms with van der Waals surface area (Å²) in [6.07, 6.45) is -2.73. The van der Waals surface area contributed by atoms with E-state index in [-0.39, 0.29) is 29.7 Å². The fourth-order valence-electron chi connectivity index (χ4n) is 3.33. The van der Waals surface area contributed by atoms with Gasteiger partial charge in [-0.2, -0.15) is 28.2 Å². The number of carbonyl (C=O) groups excluding carboxylic acids is 1. The molecule has 1 unspecified atom stereocenters. The van der Waals surface area contributed by atoms with E-state index < -0.39 is 23.8 Å². The van der Waals surface area contributed by atoms with Crippen LogP contribution in [0.15, 0.2) is 24.3 Å². The number of hydrogen-bond donors (Lipinski definition) is 0. The highest BCUT2D eigenvalue weighted by atomic mass is 19.4. The third-order valence-corrected chi connectivity index (χ3v) is 5.05. The third kappa shape index (κ3) is 5.22. The minimum absolute atomic E-state index is 0.0417. The maximum absolute atomic E-state index is 13.1. The monoisotopic (exact) mass is 482 g/mol. The van der Waals surface area contributed by atoms with Crippen molar-refractivity contribution in [3.05, 3.63) is 41.1 Å². The minimum Gasteiger partial charge on any atom is -0.480 e. The lowest BCUT2D eigenvalue weighted by Crippen LogP contribution is -2.24.